The van der Waals surface area contributed by atoms with Crippen molar-refractivity contribution in [3.63, 3.8) is 0 Å². The van der Waals surface area contributed by atoms with Crippen molar-refractivity contribution in [2.75, 3.05) is 23.3 Å². The summed E-state index contributed by atoms with van der Waals surface area (Å²) in [5, 5.41) is 6.74. The topological polar surface area (TPSA) is 106 Å². The normalized spacial score (nSPS) is 13.6. The van der Waals surface area contributed by atoms with E-state index in [0.717, 1.165) is 48.3 Å². The van der Waals surface area contributed by atoms with E-state index in [2.05, 4.69) is 15.3 Å². The van der Waals surface area contributed by atoms with Crippen LogP contribution in [0.3, 0.4) is 0 Å². The van der Waals surface area contributed by atoms with Crippen LogP contribution >= 0.6 is 0 Å². The van der Waals surface area contributed by atoms with Crippen molar-refractivity contribution >= 4 is 23.1 Å². The molecule has 1 heterocycles. The largest absolute Gasteiger partial charge is 0.488 e. The first-order valence-corrected chi connectivity index (χ1v) is 13.2. The summed E-state index contributed by atoms with van der Waals surface area (Å²) in [7, 11) is 0. The monoisotopic (exact) mass is 519 g/mol. The minimum atomic E-state index is -0.298. The molecule has 0 saturated carbocycles. The molecule has 0 radical (unpaired) electrons. The van der Waals surface area contributed by atoms with Crippen LogP contribution in [-0.4, -0.2) is 24.8 Å². The summed E-state index contributed by atoms with van der Waals surface area (Å²) in [4.78, 5) is 16.2. The van der Waals surface area contributed by atoms with Crippen LogP contribution in [0, 0.1) is 0 Å². The second kappa shape index (κ2) is 12.2. The molecule has 39 heavy (non-hydrogen) atoms. The third kappa shape index (κ3) is 6.21. The Bertz CT molecular complexity index is 1450. The zero-order valence-electron chi connectivity index (χ0n) is 21.8. The maximum absolute atomic E-state index is 13.9. The Morgan fingerprint density at radius 1 is 0.821 bits per heavy atom. The van der Waals surface area contributed by atoms with Gasteiger partial charge in [-0.05, 0) is 66.3 Å². The molecule has 1 aliphatic rings. The minimum absolute atomic E-state index is 0.132. The van der Waals surface area contributed by atoms with Gasteiger partial charge in [0.1, 0.15) is 12.4 Å². The Morgan fingerprint density at radius 3 is 2.26 bits per heavy atom. The van der Waals surface area contributed by atoms with Crippen molar-refractivity contribution in [3.8, 4) is 16.9 Å². The number of nitrogens with zero attached hydrogens (tertiary/aromatic N) is 2. The molecular weight excluding hydrogens is 486 g/mol. The van der Waals surface area contributed by atoms with Crippen molar-refractivity contribution in [1.29, 1.82) is 0 Å². The van der Waals surface area contributed by atoms with Crippen LogP contribution in [-0.2, 0) is 6.61 Å². The van der Waals surface area contributed by atoms with Crippen LogP contribution in [0.1, 0.15) is 40.7 Å². The van der Waals surface area contributed by atoms with Gasteiger partial charge in [-0.3, -0.25) is 4.79 Å². The molecule has 4 aromatic carbocycles. The van der Waals surface area contributed by atoms with Crippen molar-refractivity contribution < 1.29 is 9.53 Å². The summed E-state index contributed by atoms with van der Waals surface area (Å²) in [6.07, 6.45) is 3.51. The molecule has 5 N–H and O–H groups in total. The number of amidine groups is 1. The molecule has 0 aliphatic carbocycles. The maximum Gasteiger partial charge on any atom is 0.259 e. The maximum atomic E-state index is 13.9. The highest BCUT2D eigenvalue weighted by atomic mass is 16.5. The molecule has 0 bridgehead atoms. The molecule has 5 rings (SSSR count). The zero-order valence-corrected chi connectivity index (χ0v) is 21.8. The number of benzene rings is 4. The van der Waals surface area contributed by atoms with E-state index in [-0.39, 0.29) is 11.7 Å². The van der Waals surface area contributed by atoms with E-state index in [1.54, 1.807) is 0 Å². The highest BCUT2D eigenvalue weighted by Gasteiger charge is 2.20. The fraction of sp³-hybridized carbons (Fsp3) is 0.188. The molecule has 1 fully saturated rings. The molecule has 1 aliphatic heterocycles. The first kappa shape index (κ1) is 25.9. The van der Waals surface area contributed by atoms with Gasteiger partial charge in [0.05, 0.1) is 11.3 Å². The number of carbonyl (C=O) groups is 1. The van der Waals surface area contributed by atoms with Gasteiger partial charge in [-0.2, -0.15) is 5.10 Å². The van der Waals surface area contributed by atoms with E-state index >= 15 is 0 Å². The third-order valence-corrected chi connectivity index (χ3v) is 6.96. The zero-order chi connectivity index (χ0) is 27.0. The highest BCUT2D eigenvalue weighted by Crippen LogP contribution is 2.31. The van der Waals surface area contributed by atoms with Gasteiger partial charge in [0.15, 0.2) is 5.84 Å². The second-order valence-corrected chi connectivity index (χ2v) is 9.60. The fourth-order valence-electron chi connectivity index (χ4n) is 4.85. The number of nitrogens with two attached hydrogens (primary N) is 2. The van der Waals surface area contributed by atoms with Crippen LogP contribution in [0.5, 0.6) is 5.75 Å². The van der Waals surface area contributed by atoms with E-state index in [1.165, 1.54) is 6.42 Å². The van der Waals surface area contributed by atoms with Crippen LogP contribution in [0.25, 0.3) is 11.1 Å². The molecule has 0 aromatic heterocycles. The number of amides is 1. The second-order valence-electron chi connectivity index (χ2n) is 9.60. The van der Waals surface area contributed by atoms with Crippen molar-refractivity contribution in [3.05, 3.63) is 114 Å². The van der Waals surface area contributed by atoms with Crippen LogP contribution in [0.15, 0.2) is 102 Å². The van der Waals surface area contributed by atoms with E-state index in [9.17, 15) is 4.79 Å². The Labute approximate surface area is 229 Å². The number of anilines is 2. The van der Waals surface area contributed by atoms with Gasteiger partial charge in [0.25, 0.3) is 5.91 Å². The number of ether oxygens (including phenoxy) is 1. The van der Waals surface area contributed by atoms with E-state index in [0.29, 0.717) is 29.2 Å². The molecule has 0 atom stereocenters. The first-order valence-electron chi connectivity index (χ1n) is 13.2. The summed E-state index contributed by atoms with van der Waals surface area (Å²) in [5.74, 6) is 5.86. The number of piperidine rings is 1. The number of nitrogens with one attached hydrogen (secondary N) is 1. The SMILES string of the molecule is NN=C(N)c1ccc(-c2ccccc2)cc1NC(=O)c1cc(N2CCCCC2)ccc1OCc1ccccc1. The van der Waals surface area contributed by atoms with Gasteiger partial charge in [-0.15, -0.1) is 0 Å². The van der Waals surface area contributed by atoms with Crippen molar-refractivity contribution in [2.24, 2.45) is 16.7 Å². The molecular formula is C32H33N5O2. The van der Waals surface area contributed by atoms with Crippen molar-refractivity contribution in [1.82, 2.24) is 0 Å². The number of rotatable bonds is 8. The summed E-state index contributed by atoms with van der Waals surface area (Å²) >= 11 is 0. The molecule has 198 valence electrons. The predicted octanol–water partition coefficient (Wildman–Crippen LogP) is 5.75. The number of carbonyl (C=O) groups excluding carboxylic acids is 1. The number of hydrazone groups is 1. The first-order chi connectivity index (χ1) is 19.1. The number of hydrogen-bond acceptors (Lipinski definition) is 5. The van der Waals surface area contributed by atoms with Gasteiger partial charge in [0, 0.05) is 24.3 Å². The lowest BCUT2D eigenvalue weighted by Crippen LogP contribution is -2.29. The molecule has 4 aromatic rings. The molecule has 7 heteroatoms. The molecule has 0 unspecified atom stereocenters. The Morgan fingerprint density at radius 2 is 1.54 bits per heavy atom. The smallest absolute Gasteiger partial charge is 0.259 e. The summed E-state index contributed by atoms with van der Waals surface area (Å²) in [5.41, 5.74) is 11.6. The lowest BCUT2D eigenvalue weighted by atomic mass is 10.0. The van der Waals surface area contributed by atoms with Gasteiger partial charge < -0.3 is 26.5 Å². The van der Waals surface area contributed by atoms with Gasteiger partial charge in [0.2, 0.25) is 0 Å². The molecule has 1 saturated heterocycles. The van der Waals surface area contributed by atoms with Crippen LogP contribution in [0.2, 0.25) is 0 Å². The average molecular weight is 520 g/mol. The lowest BCUT2D eigenvalue weighted by molar-refractivity contribution is 0.102. The Hall–Kier alpha value is -4.78. The Balaban J connectivity index is 1.49. The molecule has 0 spiro atoms. The Kier molecular flexibility index (Phi) is 8.07. The average Bonchev–Trinajstić information content (AvgIpc) is 3.01. The van der Waals surface area contributed by atoms with E-state index in [1.807, 2.05) is 97.1 Å². The minimum Gasteiger partial charge on any atom is -0.488 e. The predicted molar refractivity (Wildman–Crippen MR) is 158 cm³/mol. The third-order valence-electron chi connectivity index (χ3n) is 6.96. The van der Waals surface area contributed by atoms with Gasteiger partial charge in [-0.1, -0.05) is 66.7 Å². The van der Waals surface area contributed by atoms with Crippen molar-refractivity contribution in [2.45, 2.75) is 25.9 Å². The van der Waals surface area contributed by atoms with Gasteiger partial charge >= 0.3 is 0 Å². The number of hydrogen-bond donors (Lipinski definition) is 3. The van der Waals surface area contributed by atoms with Crippen LogP contribution in [0.4, 0.5) is 11.4 Å². The fourth-order valence-corrected chi connectivity index (χ4v) is 4.85. The molecule has 1 amide bonds. The highest BCUT2D eigenvalue weighted by molar-refractivity contribution is 6.11. The quantitative estimate of drug-likeness (QED) is 0.119. The molecule has 7 nitrogen and oxygen atoms in total. The van der Waals surface area contributed by atoms with E-state index < -0.39 is 0 Å². The van der Waals surface area contributed by atoms with Gasteiger partial charge in [-0.25, -0.2) is 0 Å². The summed E-state index contributed by atoms with van der Waals surface area (Å²) < 4.78 is 6.17. The lowest BCUT2D eigenvalue weighted by Gasteiger charge is -2.29. The summed E-state index contributed by atoms with van der Waals surface area (Å²) in [6, 6.07) is 31.3. The summed E-state index contributed by atoms with van der Waals surface area (Å²) in [6.45, 7) is 2.29. The van der Waals surface area contributed by atoms with E-state index in [4.69, 9.17) is 16.3 Å². The standard InChI is InChI=1S/C32H33N5O2/c33-31(36-34)27-16-14-25(24-12-6-2-7-13-24)20-29(27)35-32(38)28-21-26(37-18-8-3-9-19-37)15-17-30(28)39-22-23-10-4-1-5-11-23/h1-2,4-7,10-17,20-21H,3,8-9,18-19,22,34H2,(H2,33,36)(H,35,38). The van der Waals surface area contributed by atoms with Crippen LogP contribution < -0.4 is 26.5 Å².